The van der Waals surface area contributed by atoms with E-state index >= 15 is 0 Å². The molecule has 1 saturated heterocycles. The summed E-state index contributed by atoms with van der Waals surface area (Å²) in [5.41, 5.74) is 1.67. The molecule has 0 spiro atoms. The maximum atomic E-state index is 14.2. The molecule has 1 amide bonds. The first-order valence-corrected chi connectivity index (χ1v) is 11.4. The molecule has 1 aliphatic rings. The van der Waals surface area contributed by atoms with Crippen LogP contribution in [0.15, 0.2) is 78.5 Å². The predicted molar refractivity (Wildman–Crippen MR) is 134 cm³/mol. The highest BCUT2D eigenvalue weighted by Crippen LogP contribution is 2.45. The summed E-state index contributed by atoms with van der Waals surface area (Å²) in [6, 6.07) is 16.9. The highest BCUT2D eigenvalue weighted by atomic mass is 19.1. The lowest BCUT2D eigenvalue weighted by Crippen LogP contribution is -2.29. The number of anilines is 1. The minimum Gasteiger partial charge on any atom is -0.507 e. The van der Waals surface area contributed by atoms with Gasteiger partial charge in [0.25, 0.3) is 11.7 Å². The highest BCUT2D eigenvalue weighted by Gasteiger charge is 2.48. The van der Waals surface area contributed by atoms with E-state index in [1.807, 2.05) is 31.2 Å². The van der Waals surface area contributed by atoms with Gasteiger partial charge in [-0.1, -0.05) is 18.2 Å². The lowest BCUT2D eigenvalue weighted by molar-refractivity contribution is -0.132. The Hall–Kier alpha value is -4.59. The van der Waals surface area contributed by atoms with Crippen molar-refractivity contribution in [1.29, 1.82) is 0 Å². The number of amides is 1. The monoisotopic (exact) mass is 486 g/mol. The number of aromatic nitrogens is 1. The summed E-state index contributed by atoms with van der Waals surface area (Å²) in [6.45, 7) is 2.35. The first kappa shape index (κ1) is 23.2. The molecule has 8 heteroatoms. The van der Waals surface area contributed by atoms with E-state index in [0.717, 1.165) is 17.0 Å². The molecule has 0 aliphatic carbocycles. The van der Waals surface area contributed by atoms with E-state index in [0.29, 0.717) is 23.6 Å². The molecule has 1 fully saturated rings. The van der Waals surface area contributed by atoms with Gasteiger partial charge in [0.2, 0.25) is 0 Å². The van der Waals surface area contributed by atoms with Crippen LogP contribution in [0.5, 0.6) is 11.5 Å². The number of benzene rings is 3. The van der Waals surface area contributed by atoms with E-state index in [9.17, 15) is 19.1 Å². The quantitative estimate of drug-likeness (QED) is 0.218. The molecule has 1 aromatic heterocycles. The maximum Gasteiger partial charge on any atom is 0.300 e. The van der Waals surface area contributed by atoms with Crippen molar-refractivity contribution in [3.63, 3.8) is 0 Å². The van der Waals surface area contributed by atoms with Crippen LogP contribution in [0.2, 0.25) is 0 Å². The molecular weight excluding hydrogens is 463 g/mol. The number of rotatable bonds is 6. The number of aliphatic hydroxyl groups is 1. The van der Waals surface area contributed by atoms with Gasteiger partial charge in [-0.05, 0) is 55.5 Å². The van der Waals surface area contributed by atoms with Crippen LogP contribution in [-0.4, -0.2) is 35.5 Å². The Morgan fingerprint density at radius 1 is 1.08 bits per heavy atom. The lowest BCUT2D eigenvalue weighted by atomic mass is 9.94. The highest BCUT2D eigenvalue weighted by molar-refractivity contribution is 6.52. The van der Waals surface area contributed by atoms with Gasteiger partial charge in [0, 0.05) is 28.4 Å². The van der Waals surface area contributed by atoms with Crippen LogP contribution in [0.25, 0.3) is 16.7 Å². The van der Waals surface area contributed by atoms with Gasteiger partial charge in [0.1, 0.15) is 23.1 Å². The molecule has 1 atom stereocenters. The van der Waals surface area contributed by atoms with Crippen LogP contribution < -0.4 is 14.4 Å². The molecule has 182 valence electrons. The molecule has 7 nitrogen and oxygen atoms in total. The van der Waals surface area contributed by atoms with Crippen molar-refractivity contribution in [2.45, 2.75) is 13.0 Å². The second-order valence-corrected chi connectivity index (χ2v) is 8.23. The van der Waals surface area contributed by atoms with Gasteiger partial charge in [0.15, 0.2) is 0 Å². The summed E-state index contributed by atoms with van der Waals surface area (Å²) >= 11 is 0. The van der Waals surface area contributed by atoms with E-state index in [-0.39, 0.29) is 16.9 Å². The zero-order valence-electron chi connectivity index (χ0n) is 19.6. The standard InChI is InChI=1S/C28H23FN2O5/c1-3-36-18-11-9-17(10-12-18)31-25(21-15-30-22-7-5-4-6-19(21)22)24(27(33)28(31)34)26(32)20-14-16(29)8-13-23(20)35-2/h4-15,25,30,32H,3H2,1-2H3/b26-24+. The number of aliphatic hydroxyl groups excluding tert-OH is 1. The summed E-state index contributed by atoms with van der Waals surface area (Å²) in [6.07, 6.45) is 1.71. The number of H-pyrrole nitrogens is 1. The number of nitrogens with zero attached hydrogens (tertiary/aromatic N) is 1. The van der Waals surface area contributed by atoms with Gasteiger partial charge in [0.05, 0.1) is 30.9 Å². The molecule has 36 heavy (non-hydrogen) atoms. The van der Waals surface area contributed by atoms with E-state index < -0.39 is 29.3 Å². The number of aromatic amines is 1. The fraction of sp³-hybridized carbons (Fsp3) is 0.143. The molecule has 0 saturated carbocycles. The number of hydrogen-bond donors (Lipinski definition) is 2. The van der Waals surface area contributed by atoms with E-state index in [2.05, 4.69) is 4.98 Å². The Balaban J connectivity index is 1.76. The molecule has 0 bridgehead atoms. The zero-order chi connectivity index (χ0) is 25.4. The molecule has 0 radical (unpaired) electrons. The van der Waals surface area contributed by atoms with Crippen molar-refractivity contribution in [3.8, 4) is 11.5 Å². The van der Waals surface area contributed by atoms with E-state index in [1.54, 1.807) is 30.5 Å². The van der Waals surface area contributed by atoms with Crippen molar-refractivity contribution in [3.05, 3.63) is 95.4 Å². The summed E-state index contributed by atoms with van der Waals surface area (Å²) in [4.78, 5) is 31.3. The van der Waals surface area contributed by atoms with Gasteiger partial charge >= 0.3 is 0 Å². The largest absolute Gasteiger partial charge is 0.507 e. The molecule has 1 unspecified atom stereocenters. The van der Waals surface area contributed by atoms with Gasteiger partial charge in [-0.25, -0.2) is 4.39 Å². The third-order valence-electron chi connectivity index (χ3n) is 6.20. The predicted octanol–water partition coefficient (Wildman–Crippen LogP) is 5.34. The number of ether oxygens (including phenoxy) is 2. The molecule has 3 aromatic carbocycles. The first-order valence-electron chi connectivity index (χ1n) is 11.4. The minimum absolute atomic E-state index is 0.0213. The van der Waals surface area contributed by atoms with Gasteiger partial charge < -0.3 is 19.6 Å². The topological polar surface area (TPSA) is 91.9 Å². The Bertz CT molecular complexity index is 1510. The number of nitrogens with one attached hydrogen (secondary N) is 1. The fourth-order valence-electron chi connectivity index (χ4n) is 4.59. The van der Waals surface area contributed by atoms with Crippen molar-refractivity contribution in [2.24, 2.45) is 0 Å². The van der Waals surface area contributed by atoms with Gasteiger partial charge in [-0.2, -0.15) is 0 Å². The second-order valence-electron chi connectivity index (χ2n) is 8.23. The summed E-state index contributed by atoms with van der Waals surface area (Å²) < 4.78 is 25.0. The van der Waals surface area contributed by atoms with Crippen LogP contribution >= 0.6 is 0 Å². The molecule has 1 aliphatic heterocycles. The Morgan fingerprint density at radius 3 is 2.56 bits per heavy atom. The van der Waals surface area contributed by atoms with Crippen LogP contribution in [0, 0.1) is 5.82 Å². The second kappa shape index (κ2) is 9.22. The molecule has 2 N–H and O–H groups in total. The average molecular weight is 486 g/mol. The number of ketones is 1. The SMILES string of the molecule is CCOc1ccc(N2C(=O)C(=O)/C(=C(/O)c3cc(F)ccc3OC)C2c2c[nH]c3ccccc23)cc1. The lowest BCUT2D eigenvalue weighted by Gasteiger charge is -2.25. The Morgan fingerprint density at radius 2 is 1.83 bits per heavy atom. The Kier molecular flexibility index (Phi) is 5.93. The van der Waals surface area contributed by atoms with Crippen LogP contribution in [0.1, 0.15) is 24.1 Å². The van der Waals surface area contributed by atoms with Crippen LogP contribution in [0.4, 0.5) is 10.1 Å². The smallest absolute Gasteiger partial charge is 0.300 e. The summed E-state index contributed by atoms with van der Waals surface area (Å²) in [7, 11) is 1.37. The number of fused-ring (bicyclic) bond motifs is 1. The molecule has 4 aromatic rings. The number of para-hydroxylation sites is 1. The van der Waals surface area contributed by atoms with Crippen LogP contribution in [0.3, 0.4) is 0 Å². The first-order chi connectivity index (χ1) is 17.4. The number of hydrogen-bond acceptors (Lipinski definition) is 5. The average Bonchev–Trinajstić information content (AvgIpc) is 3.43. The number of Topliss-reactive ketones (excluding diaryl/α,β-unsaturated/α-hetero) is 1. The minimum atomic E-state index is -0.980. The third-order valence-corrected chi connectivity index (χ3v) is 6.20. The van der Waals surface area contributed by atoms with Crippen molar-refractivity contribution < 1.29 is 28.6 Å². The van der Waals surface area contributed by atoms with Crippen molar-refractivity contribution in [1.82, 2.24) is 4.98 Å². The number of carbonyl (C=O) groups is 2. The molecule has 2 heterocycles. The fourth-order valence-corrected chi connectivity index (χ4v) is 4.59. The normalized spacial score (nSPS) is 17.1. The van der Waals surface area contributed by atoms with Gasteiger partial charge in [-0.3, -0.25) is 14.5 Å². The van der Waals surface area contributed by atoms with Crippen molar-refractivity contribution >= 4 is 34.0 Å². The third kappa shape index (κ3) is 3.76. The number of carbonyl (C=O) groups excluding carboxylic acids is 2. The number of methoxy groups -OCH3 is 1. The zero-order valence-corrected chi connectivity index (χ0v) is 19.6. The Labute approximate surface area is 206 Å². The van der Waals surface area contributed by atoms with Gasteiger partial charge in [-0.15, -0.1) is 0 Å². The maximum absolute atomic E-state index is 14.2. The molecular formula is C28H23FN2O5. The van der Waals surface area contributed by atoms with Crippen molar-refractivity contribution in [2.75, 3.05) is 18.6 Å². The molecule has 5 rings (SSSR count). The van der Waals surface area contributed by atoms with Crippen LogP contribution in [-0.2, 0) is 9.59 Å². The summed E-state index contributed by atoms with van der Waals surface area (Å²) in [5, 5.41) is 12.1. The number of halogens is 1. The summed E-state index contributed by atoms with van der Waals surface area (Å²) in [5.74, 6) is -2.06. The van der Waals surface area contributed by atoms with E-state index in [1.165, 1.54) is 24.1 Å². The van der Waals surface area contributed by atoms with E-state index in [4.69, 9.17) is 9.47 Å².